The summed E-state index contributed by atoms with van der Waals surface area (Å²) in [5.74, 6) is 0. The van der Waals surface area contributed by atoms with Crippen LogP contribution in [0.4, 0.5) is 0 Å². The van der Waals surface area contributed by atoms with E-state index in [0.29, 0.717) is 0 Å². The van der Waals surface area contributed by atoms with Gasteiger partial charge >= 0.3 is 0 Å². The summed E-state index contributed by atoms with van der Waals surface area (Å²) >= 11 is 0. The van der Waals surface area contributed by atoms with E-state index < -0.39 is 0 Å². The highest BCUT2D eigenvalue weighted by Crippen LogP contribution is 2.16. The van der Waals surface area contributed by atoms with Crippen LogP contribution in [-0.4, -0.2) is 12.6 Å². The predicted octanol–water partition coefficient (Wildman–Crippen LogP) is 2.51. The van der Waals surface area contributed by atoms with Crippen molar-refractivity contribution in [2.45, 2.75) is 45.1 Å². The third-order valence-electron chi connectivity index (χ3n) is 2.10. The Morgan fingerprint density at radius 2 is 1.80 bits per heavy atom. The van der Waals surface area contributed by atoms with E-state index in [1.807, 2.05) is 0 Å². The van der Waals surface area contributed by atoms with Crippen LogP contribution in [0.5, 0.6) is 0 Å². The minimum absolute atomic E-state index is 0. The van der Waals surface area contributed by atoms with Crippen molar-refractivity contribution < 1.29 is 0 Å². The fourth-order valence-corrected chi connectivity index (χ4v) is 1.60. The van der Waals surface area contributed by atoms with Gasteiger partial charge < -0.3 is 5.32 Å². The van der Waals surface area contributed by atoms with Gasteiger partial charge in [0.2, 0.25) is 0 Å². The molecule has 0 amide bonds. The van der Waals surface area contributed by atoms with Crippen LogP contribution in [0.25, 0.3) is 0 Å². The van der Waals surface area contributed by atoms with Crippen molar-refractivity contribution in [2.75, 3.05) is 6.54 Å². The van der Waals surface area contributed by atoms with E-state index in [4.69, 9.17) is 0 Å². The second-order valence-corrected chi connectivity index (χ2v) is 2.89. The molecule has 0 aromatic carbocycles. The van der Waals surface area contributed by atoms with Crippen LogP contribution in [0.15, 0.2) is 0 Å². The van der Waals surface area contributed by atoms with Crippen molar-refractivity contribution in [1.82, 2.24) is 5.32 Å². The first-order valence-electron chi connectivity index (χ1n) is 4.17. The number of nitrogens with one attached hydrogen (secondary N) is 1. The zero-order chi connectivity index (χ0) is 6.53. The van der Waals surface area contributed by atoms with Crippen molar-refractivity contribution in [1.29, 1.82) is 0 Å². The summed E-state index contributed by atoms with van der Waals surface area (Å²) in [5.41, 5.74) is 0. The Labute approximate surface area is 74.4 Å². The van der Waals surface area contributed by atoms with Crippen molar-refractivity contribution in [3.63, 3.8) is 0 Å². The van der Waals surface area contributed by atoms with Gasteiger partial charge in [-0.25, -0.2) is 0 Å². The van der Waals surface area contributed by atoms with Gasteiger partial charge in [0.15, 0.2) is 0 Å². The predicted molar refractivity (Wildman–Crippen MR) is 50.9 cm³/mol. The van der Waals surface area contributed by atoms with Crippen LogP contribution in [0.2, 0.25) is 0 Å². The molecule has 1 rings (SSSR count). The molecule has 0 unspecified atom stereocenters. The van der Waals surface area contributed by atoms with Crippen LogP contribution in [0.1, 0.15) is 39.0 Å². The third kappa shape index (κ3) is 3.57. The molecule has 1 fully saturated rings. The molecule has 0 radical (unpaired) electrons. The maximum Gasteiger partial charge on any atom is 0.00669 e. The minimum Gasteiger partial charge on any atom is -0.314 e. The van der Waals surface area contributed by atoms with E-state index in [1.165, 1.54) is 32.1 Å². The first-order chi connectivity index (χ1) is 4.43. The van der Waals surface area contributed by atoms with Gasteiger partial charge in [-0.2, -0.15) is 0 Å². The summed E-state index contributed by atoms with van der Waals surface area (Å²) in [6.07, 6.45) is 7.17. The fourth-order valence-electron chi connectivity index (χ4n) is 1.60. The molecule has 1 saturated carbocycles. The van der Waals surface area contributed by atoms with E-state index >= 15 is 0 Å². The monoisotopic (exact) mass is 207 g/mol. The molecule has 0 aliphatic heterocycles. The normalized spacial score (nSPS) is 20.1. The Hall–Kier alpha value is 0.440. The topological polar surface area (TPSA) is 12.0 Å². The van der Waals surface area contributed by atoms with Crippen molar-refractivity contribution in [2.24, 2.45) is 0 Å². The van der Waals surface area contributed by atoms with Gasteiger partial charge in [-0.05, 0) is 19.4 Å². The second kappa shape index (κ2) is 6.17. The number of hydrogen-bond donors (Lipinski definition) is 1. The summed E-state index contributed by atoms with van der Waals surface area (Å²) in [5, 5.41) is 3.48. The van der Waals surface area contributed by atoms with Crippen molar-refractivity contribution in [3.05, 3.63) is 0 Å². The average Bonchev–Trinajstić information content (AvgIpc) is 1.91. The van der Waals surface area contributed by atoms with Gasteiger partial charge in [0.05, 0.1) is 0 Å². The molecule has 0 aromatic heterocycles. The molecule has 0 saturated heterocycles. The highest BCUT2D eigenvalue weighted by Gasteiger charge is 2.10. The van der Waals surface area contributed by atoms with Crippen LogP contribution >= 0.6 is 17.0 Å². The Morgan fingerprint density at radius 1 is 1.20 bits per heavy atom. The zero-order valence-corrected chi connectivity index (χ0v) is 8.44. The quantitative estimate of drug-likeness (QED) is 0.735. The molecule has 1 aliphatic carbocycles. The molecule has 62 valence electrons. The molecular formula is C8H18BrN. The first-order valence-corrected chi connectivity index (χ1v) is 4.17. The number of hydrogen-bond acceptors (Lipinski definition) is 1. The van der Waals surface area contributed by atoms with Gasteiger partial charge in [0.1, 0.15) is 0 Å². The fraction of sp³-hybridized carbons (Fsp3) is 1.00. The Balaban J connectivity index is 0.000000810. The largest absolute Gasteiger partial charge is 0.314 e. The van der Waals surface area contributed by atoms with Gasteiger partial charge in [-0.1, -0.05) is 26.2 Å². The SMILES string of the molecule is Br.CCNC1CCCCC1. The molecule has 1 N–H and O–H groups in total. The molecule has 0 bridgehead atoms. The lowest BCUT2D eigenvalue weighted by atomic mass is 9.96. The van der Waals surface area contributed by atoms with Crippen LogP contribution in [0.3, 0.4) is 0 Å². The Morgan fingerprint density at radius 3 is 2.30 bits per heavy atom. The van der Waals surface area contributed by atoms with Gasteiger partial charge in [-0.15, -0.1) is 17.0 Å². The van der Waals surface area contributed by atoms with Gasteiger partial charge in [-0.3, -0.25) is 0 Å². The Kier molecular flexibility index (Phi) is 6.44. The molecule has 10 heavy (non-hydrogen) atoms. The summed E-state index contributed by atoms with van der Waals surface area (Å²) in [7, 11) is 0. The minimum atomic E-state index is 0. The number of rotatable bonds is 2. The van der Waals surface area contributed by atoms with Gasteiger partial charge in [0, 0.05) is 6.04 Å². The van der Waals surface area contributed by atoms with Crippen molar-refractivity contribution >= 4 is 17.0 Å². The first kappa shape index (κ1) is 10.4. The van der Waals surface area contributed by atoms with E-state index in [-0.39, 0.29) is 17.0 Å². The molecule has 1 nitrogen and oxygen atoms in total. The maximum absolute atomic E-state index is 3.48. The molecule has 2 heteroatoms. The zero-order valence-electron chi connectivity index (χ0n) is 6.73. The van der Waals surface area contributed by atoms with E-state index in [0.717, 1.165) is 12.6 Å². The highest BCUT2D eigenvalue weighted by molar-refractivity contribution is 8.93. The third-order valence-corrected chi connectivity index (χ3v) is 2.10. The molecule has 0 heterocycles. The van der Waals surface area contributed by atoms with E-state index in [9.17, 15) is 0 Å². The van der Waals surface area contributed by atoms with E-state index in [1.54, 1.807) is 0 Å². The molecule has 0 spiro atoms. The highest BCUT2D eigenvalue weighted by atomic mass is 79.9. The second-order valence-electron chi connectivity index (χ2n) is 2.89. The van der Waals surface area contributed by atoms with Crippen LogP contribution in [-0.2, 0) is 0 Å². The van der Waals surface area contributed by atoms with Crippen LogP contribution in [0, 0.1) is 0 Å². The lowest BCUT2D eigenvalue weighted by Gasteiger charge is -2.21. The molecule has 0 aromatic rings. The summed E-state index contributed by atoms with van der Waals surface area (Å²) in [6.45, 7) is 3.33. The van der Waals surface area contributed by atoms with Crippen molar-refractivity contribution in [3.8, 4) is 0 Å². The lowest BCUT2D eigenvalue weighted by Crippen LogP contribution is -2.30. The van der Waals surface area contributed by atoms with Crippen LogP contribution < -0.4 is 5.32 Å². The maximum atomic E-state index is 3.48. The summed E-state index contributed by atoms with van der Waals surface area (Å²) in [6, 6.07) is 0.851. The smallest absolute Gasteiger partial charge is 0.00669 e. The molecule has 0 atom stereocenters. The molecule has 1 aliphatic rings. The lowest BCUT2D eigenvalue weighted by molar-refractivity contribution is 0.380. The number of halogens is 1. The standard InChI is InChI=1S/C8H17N.BrH/c1-2-9-8-6-4-3-5-7-8;/h8-9H,2-7H2,1H3;1H. The summed E-state index contributed by atoms with van der Waals surface area (Å²) in [4.78, 5) is 0. The Bertz CT molecular complexity index is 66.9. The summed E-state index contributed by atoms with van der Waals surface area (Å²) < 4.78 is 0. The van der Waals surface area contributed by atoms with Gasteiger partial charge in [0.25, 0.3) is 0 Å². The molecular weight excluding hydrogens is 190 g/mol. The van der Waals surface area contributed by atoms with E-state index in [2.05, 4.69) is 12.2 Å². The average molecular weight is 208 g/mol.